The molecule has 5 heteroatoms. The van der Waals surface area contributed by atoms with Gasteiger partial charge in [-0.2, -0.15) is 0 Å². The van der Waals surface area contributed by atoms with Gasteiger partial charge in [-0.25, -0.2) is 0 Å². The van der Waals surface area contributed by atoms with Crippen molar-refractivity contribution in [2.24, 2.45) is 17.8 Å². The summed E-state index contributed by atoms with van der Waals surface area (Å²) in [4.78, 5) is 11.9. The van der Waals surface area contributed by atoms with Crippen LogP contribution in [0.25, 0.3) is 0 Å². The Kier molecular flexibility index (Phi) is 7.11. The number of halogens is 1. The number of β-amino-alcohol motifs (C(OH)–C–C–N with tert-alkyl or cyclic N) is 1. The average Bonchev–Trinajstić information content (AvgIpc) is 2.72. The van der Waals surface area contributed by atoms with E-state index in [2.05, 4.69) is 17.6 Å². The molecule has 1 heterocycles. The molecule has 19 heavy (non-hydrogen) atoms. The van der Waals surface area contributed by atoms with Gasteiger partial charge in [-0.3, -0.25) is 4.79 Å². The Labute approximate surface area is 122 Å². The van der Waals surface area contributed by atoms with Crippen LogP contribution in [0, 0.1) is 17.8 Å². The van der Waals surface area contributed by atoms with Crippen LogP contribution in [0.5, 0.6) is 0 Å². The van der Waals surface area contributed by atoms with Crippen LogP contribution in [-0.4, -0.2) is 36.8 Å². The lowest BCUT2D eigenvalue weighted by molar-refractivity contribution is -0.122. The Morgan fingerprint density at radius 3 is 2.79 bits per heavy atom. The van der Waals surface area contributed by atoms with Gasteiger partial charge >= 0.3 is 0 Å². The number of aliphatic hydroxyl groups excluding tert-OH is 1. The van der Waals surface area contributed by atoms with Gasteiger partial charge in [0.1, 0.15) is 0 Å². The molecule has 1 aliphatic carbocycles. The van der Waals surface area contributed by atoms with E-state index in [1.54, 1.807) is 0 Å². The van der Waals surface area contributed by atoms with Gasteiger partial charge in [0, 0.05) is 32.0 Å². The monoisotopic (exact) mass is 290 g/mol. The topological polar surface area (TPSA) is 61.4 Å². The van der Waals surface area contributed by atoms with Gasteiger partial charge in [0.2, 0.25) is 5.91 Å². The Morgan fingerprint density at radius 2 is 2.16 bits per heavy atom. The Hall–Kier alpha value is -0.320. The predicted molar refractivity (Wildman–Crippen MR) is 78.4 cm³/mol. The minimum Gasteiger partial charge on any atom is -0.391 e. The molecule has 1 aliphatic heterocycles. The number of carbonyl (C=O) groups is 1. The van der Waals surface area contributed by atoms with Crippen molar-refractivity contribution < 1.29 is 9.90 Å². The van der Waals surface area contributed by atoms with Crippen molar-refractivity contribution >= 4 is 18.3 Å². The third kappa shape index (κ3) is 5.28. The van der Waals surface area contributed by atoms with Crippen LogP contribution in [0.3, 0.4) is 0 Å². The van der Waals surface area contributed by atoms with E-state index in [-0.39, 0.29) is 30.3 Å². The van der Waals surface area contributed by atoms with E-state index in [1.807, 2.05) is 0 Å². The molecule has 3 N–H and O–H groups in total. The lowest BCUT2D eigenvalue weighted by Gasteiger charge is -2.26. The minimum atomic E-state index is -0.306. The highest BCUT2D eigenvalue weighted by Gasteiger charge is 2.26. The van der Waals surface area contributed by atoms with Crippen LogP contribution >= 0.6 is 12.4 Å². The summed E-state index contributed by atoms with van der Waals surface area (Å²) < 4.78 is 0. The molecule has 0 spiro atoms. The van der Waals surface area contributed by atoms with Gasteiger partial charge in [-0.05, 0) is 24.7 Å². The summed E-state index contributed by atoms with van der Waals surface area (Å²) in [7, 11) is 0. The molecule has 1 amide bonds. The largest absolute Gasteiger partial charge is 0.391 e. The number of amides is 1. The van der Waals surface area contributed by atoms with Crippen molar-refractivity contribution in [3.05, 3.63) is 0 Å². The highest BCUT2D eigenvalue weighted by molar-refractivity contribution is 5.85. The average molecular weight is 291 g/mol. The summed E-state index contributed by atoms with van der Waals surface area (Å²) in [5.74, 6) is 1.69. The lowest BCUT2D eigenvalue weighted by atomic mass is 9.81. The maximum Gasteiger partial charge on any atom is 0.220 e. The number of hydrogen-bond acceptors (Lipinski definition) is 3. The van der Waals surface area contributed by atoms with Crippen LogP contribution in [0.1, 0.15) is 39.0 Å². The first-order valence-electron chi connectivity index (χ1n) is 7.30. The maximum absolute atomic E-state index is 11.9. The van der Waals surface area contributed by atoms with Gasteiger partial charge < -0.3 is 15.7 Å². The molecule has 112 valence electrons. The summed E-state index contributed by atoms with van der Waals surface area (Å²) in [5, 5.41) is 15.8. The maximum atomic E-state index is 11.9. The van der Waals surface area contributed by atoms with Crippen molar-refractivity contribution in [2.75, 3.05) is 19.6 Å². The zero-order valence-corrected chi connectivity index (χ0v) is 12.5. The molecule has 1 saturated carbocycles. The third-order valence-electron chi connectivity index (χ3n) is 4.38. The molecule has 2 rings (SSSR count). The molecule has 4 atom stereocenters. The van der Waals surface area contributed by atoms with Crippen LogP contribution < -0.4 is 10.6 Å². The summed E-state index contributed by atoms with van der Waals surface area (Å²) >= 11 is 0. The standard InChI is InChI=1S/C14H26N2O2.ClH/c1-10-3-2-4-11(5-10)6-14(18)16-8-12-7-15-9-13(12)17;/h10-13,15,17H,2-9H2,1H3,(H,16,18);1H. The van der Waals surface area contributed by atoms with Gasteiger partial charge in [-0.1, -0.05) is 19.8 Å². The Bertz CT molecular complexity index is 289. The van der Waals surface area contributed by atoms with E-state index >= 15 is 0 Å². The molecule has 0 radical (unpaired) electrons. The fourth-order valence-corrected chi connectivity index (χ4v) is 3.25. The number of rotatable bonds is 4. The Balaban J connectivity index is 0.00000180. The predicted octanol–water partition coefficient (Wildman–Crippen LogP) is 1.32. The number of aliphatic hydroxyl groups is 1. The van der Waals surface area contributed by atoms with Gasteiger partial charge in [0.15, 0.2) is 0 Å². The molecule has 0 aromatic heterocycles. The quantitative estimate of drug-likeness (QED) is 0.732. The third-order valence-corrected chi connectivity index (χ3v) is 4.38. The van der Waals surface area contributed by atoms with E-state index < -0.39 is 0 Å². The molecule has 2 fully saturated rings. The molecule has 1 saturated heterocycles. The van der Waals surface area contributed by atoms with Crippen molar-refractivity contribution in [2.45, 2.75) is 45.1 Å². The summed E-state index contributed by atoms with van der Waals surface area (Å²) in [6.45, 7) is 4.35. The van der Waals surface area contributed by atoms with Crippen molar-refractivity contribution in [3.8, 4) is 0 Å². The smallest absolute Gasteiger partial charge is 0.220 e. The SMILES string of the molecule is CC1CCCC(CC(=O)NCC2CNCC2O)C1.Cl. The van der Waals surface area contributed by atoms with Gasteiger partial charge in [0.05, 0.1) is 6.10 Å². The zero-order chi connectivity index (χ0) is 13.0. The molecule has 2 aliphatic rings. The fourth-order valence-electron chi connectivity index (χ4n) is 3.25. The molecule has 0 aromatic carbocycles. The first-order chi connectivity index (χ1) is 8.65. The van der Waals surface area contributed by atoms with Crippen LogP contribution in [0.4, 0.5) is 0 Å². The second kappa shape index (κ2) is 8.08. The van der Waals surface area contributed by atoms with Gasteiger partial charge in [-0.15, -0.1) is 12.4 Å². The van der Waals surface area contributed by atoms with Crippen LogP contribution in [0.2, 0.25) is 0 Å². The number of carbonyl (C=O) groups excluding carboxylic acids is 1. The lowest BCUT2D eigenvalue weighted by Crippen LogP contribution is -2.35. The highest BCUT2D eigenvalue weighted by Crippen LogP contribution is 2.30. The van der Waals surface area contributed by atoms with Crippen molar-refractivity contribution in [1.82, 2.24) is 10.6 Å². The molecule has 4 unspecified atom stereocenters. The zero-order valence-electron chi connectivity index (χ0n) is 11.7. The minimum absolute atomic E-state index is 0. The second-order valence-electron chi connectivity index (χ2n) is 6.13. The normalized spacial score (nSPS) is 34.6. The van der Waals surface area contributed by atoms with E-state index in [9.17, 15) is 9.90 Å². The second-order valence-corrected chi connectivity index (χ2v) is 6.13. The first kappa shape index (κ1) is 16.7. The van der Waals surface area contributed by atoms with Crippen molar-refractivity contribution in [1.29, 1.82) is 0 Å². The van der Waals surface area contributed by atoms with Crippen LogP contribution in [0.15, 0.2) is 0 Å². The number of nitrogens with one attached hydrogen (secondary N) is 2. The van der Waals surface area contributed by atoms with E-state index in [1.165, 1.54) is 25.7 Å². The van der Waals surface area contributed by atoms with Gasteiger partial charge in [0.25, 0.3) is 0 Å². The molecular weight excluding hydrogens is 264 g/mol. The van der Waals surface area contributed by atoms with Crippen molar-refractivity contribution in [3.63, 3.8) is 0 Å². The molecule has 4 nitrogen and oxygen atoms in total. The number of hydrogen-bond donors (Lipinski definition) is 3. The summed E-state index contributed by atoms with van der Waals surface area (Å²) in [6, 6.07) is 0. The van der Waals surface area contributed by atoms with E-state index in [0.29, 0.717) is 25.4 Å². The van der Waals surface area contributed by atoms with E-state index in [4.69, 9.17) is 0 Å². The summed E-state index contributed by atoms with van der Waals surface area (Å²) in [6.07, 6.45) is 5.34. The van der Waals surface area contributed by atoms with E-state index in [0.717, 1.165) is 12.5 Å². The highest BCUT2D eigenvalue weighted by atomic mass is 35.5. The molecule has 0 bridgehead atoms. The molecular formula is C14H27ClN2O2. The molecule has 0 aromatic rings. The first-order valence-corrected chi connectivity index (χ1v) is 7.30. The summed E-state index contributed by atoms with van der Waals surface area (Å²) in [5.41, 5.74) is 0. The Morgan fingerprint density at radius 1 is 1.37 bits per heavy atom. The van der Waals surface area contributed by atoms with Crippen LogP contribution in [-0.2, 0) is 4.79 Å². The fraction of sp³-hybridized carbons (Fsp3) is 0.929.